The fourth-order valence-corrected chi connectivity index (χ4v) is 0.492. The molecule has 0 unspecified atom stereocenters. The van der Waals surface area contributed by atoms with E-state index in [0.29, 0.717) is 6.42 Å². The molecule has 86 valence electrons. The van der Waals surface area contributed by atoms with Gasteiger partial charge in [-0.1, -0.05) is 26.5 Å². The number of carboxylic acid groups (broad SMARTS) is 2. The summed E-state index contributed by atoms with van der Waals surface area (Å²) >= 11 is 0. The number of unbranched alkanes of at least 4 members (excludes halogenated alkanes) is 1. The van der Waals surface area contributed by atoms with Crippen molar-refractivity contribution in [3.63, 3.8) is 0 Å². The van der Waals surface area contributed by atoms with Crippen molar-refractivity contribution in [3.8, 4) is 0 Å². The Labute approximate surface area is 89.9 Å². The molecule has 0 aromatic heterocycles. The molecule has 0 radical (unpaired) electrons. The molecule has 15 heavy (non-hydrogen) atoms. The summed E-state index contributed by atoms with van der Waals surface area (Å²) in [5.41, 5.74) is 0.270. The van der Waals surface area contributed by atoms with Gasteiger partial charge in [0.25, 0.3) is 0 Å². The lowest BCUT2D eigenvalue weighted by atomic mass is 10.1. The van der Waals surface area contributed by atoms with E-state index in [2.05, 4.69) is 13.2 Å². The molecule has 0 fully saturated rings. The van der Waals surface area contributed by atoms with Gasteiger partial charge in [-0.15, -0.1) is 0 Å². The van der Waals surface area contributed by atoms with E-state index in [4.69, 9.17) is 0 Å². The molecule has 0 N–H and O–H groups in total. The molecule has 0 bridgehead atoms. The maximum atomic E-state index is 9.99. The van der Waals surface area contributed by atoms with Gasteiger partial charge in [-0.25, -0.2) is 0 Å². The Balaban J connectivity index is 0. The first-order valence-corrected chi connectivity index (χ1v) is 4.58. The van der Waals surface area contributed by atoms with E-state index in [1.807, 2.05) is 6.92 Å². The highest BCUT2D eigenvalue weighted by Gasteiger charge is 1.91. The Morgan fingerprint density at radius 2 is 1.53 bits per heavy atom. The van der Waals surface area contributed by atoms with E-state index in [1.54, 1.807) is 0 Å². The molecule has 0 aliphatic carbocycles. The van der Waals surface area contributed by atoms with Crippen LogP contribution < -0.4 is 10.2 Å². The molecular formula is C11H16O4-2. The van der Waals surface area contributed by atoms with Crippen LogP contribution in [0.3, 0.4) is 0 Å². The van der Waals surface area contributed by atoms with Gasteiger partial charge in [-0.2, -0.15) is 0 Å². The second kappa shape index (κ2) is 8.99. The van der Waals surface area contributed by atoms with Crippen LogP contribution in [0.15, 0.2) is 24.3 Å². The average molecular weight is 212 g/mol. The molecule has 0 aromatic carbocycles. The molecule has 0 rings (SSSR count). The predicted molar refractivity (Wildman–Crippen MR) is 53.5 cm³/mol. The van der Waals surface area contributed by atoms with Gasteiger partial charge >= 0.3 is 0 Å². The van der Waals surface area contributed by atoms with Gasteiger partial charge in [0.15, 0.2) is 0 Å². The van der Waals surface area contributed by atoms with Crippen LogP contribution in [0.1, 0.15) is 33.1 Å². The minimum absolute atomic E-state index is 0.0648. The number of rotatable bonds is 5. The molecule has 0 aromatic rings. The Kier molecular flexibility index (Phi) is 9.52. The standard InChI is InChI=1S/C7H12O2.C4H6O2/c1-3-4-5-6(2)7(8)9;1-3(2)4(5)6/h2-5H2,1H3,(H,8,9);1H2,2H3,(H,5,6)/p-2. The van der Waals surface area contributed by atoms with Gasteiger partial charge in [0.1, 0.15) is 0 Å². The fourth-order valence-electron chi connectivity index (χ4n) is 0.492. The number of hydrogen-bond acceptors (Lipinski definition) is 4. The van der Waals surface area contributed by atoms with Crippen molar-refractivity contribution in [2.24, 2.45) is 0 Å². The van der Waals surface area contributed by atoms with Gasteiger partial charge in [-0.3, -0.25) is 0 Å². The molecule has 0 saturated heterocycles. The molecule has 4 heteroatoms. The second-order valence-electron chi connectivity index (χ2n) is 3.06. The molecule has 4 nitrogen and oxygen atoms in total. The Morgan fingerprint density at radius 3 is 1.73 bits per heavy atom. The minimum atomic E-state index is -1.19. The summed E-state index contributed by atoms with van der Waals surface area (Å²) < 4.78 is 0. The fraction of sp³-hybridized carbons (Fsp3) is 0.455. The first-order valence-electron chi connectivity index (χ1n) is 4.58. The van der Waals surface area contributed by atoms with E-state index in [0.717, 1.165) is 12.8 Å². The van der Waals surface area contributed by atoms with Gasteiger partial charge in [0, 0.05) is 0 Å². The summed E-state index contributed by atoms with van der Waals surface area (Å²) in [7, 11) is 0. The molecule has 0 aliphatic rings. The number of carbonyl (C=O) groups is 2. The number of carboxylic acids is 2. The van der Waals surface area contributed by atoms with Crippen LogP contribution in [0.5, 0.6) is 0 Å². The van der Waals surface area contributed by atoms with E-state index in [9.17, 15) is 19.8 Å². The van der Waals surface area contributed by atoms with Crippen LogP contribution in [-0.4, -0.2) is 11.9 Å². The summed E-state index contributed by atoms with van der Waals surface area (Å²) in [6.45, 7) is 9.81. The van der Waals surface area contributed by atoms with Gasteiger partial charge in [0.05, 0.1) is 11.9 Å². The predicted octanol–water partition coefficient (Wildman–Crippen LogP) is -0.205. The van der Waals surface area contributed by atoms with E-state index in [-0.39, 0.29) is 11.1 Å². The first-order chi connectivity index (χ1) is 6.82. The zero-order valence-electron chi connectivity index (χ0n) is 9.17. The van der Waals surface area contributed by atoms with Crippen LogP contribution in [0, 0.1) is 0 Å². The second-order valence-corrected chi connectivity index (χ2v) is 3.06. The quantitative estimate of drug-likeness (QED) is 0.591. The average Bonchev–Trinajstić information content (AvgIpc) is 2.14. The first kappa shape index (κ1) is 15.9. The normalized spacial score (nSPS) is 8.40. The molecule has 0 amide bonds. The smallest absolute Gasteiger partial charge is 0.0668 e. The van der Waals surface area contributed by atoms with Crippen LogP contribution >= 0.6 is 0 Å². The summed E-state index contributed by atoms with van der Waals surface area (Å²) in [6.07, 6.45) is 2.43. The SMILES string of the molecule is C=C(C)C(=O)[O-].C=C(CCCC)C(=O)[O-]. The lowest BCUT2D eigenvalue weighted by Gasteiger charge is -2.03. The van der Waals surface area contributed by atoms with E-state index in [1.165, 1.54) is 6.92 Å². The van der Waals surface area contributed by atoms with Gasteiger partial charge in [-0.05, 0) is 30.9 Å². The van der Waals surface area contributed by atoms with Crippen molar-refractivity contribution in [1.29, 1.82) is 0 Å². The Bertz CT molecular complexity index is 241. The molecule has 0 saturated carbocycles. The van der Waals surface area contributed by atoms with Crippen LogP contribution in [-0.2, 0) is 9.59 Å². The monoisotopic (exact) mass is 212 g/mol. The van der Waals surface area contributed by atoms with Crippen LogP contribution in [0.2, 0.25) is 0 Å². The number of hydrogen-bond donors (Lipinski definition) is 0. The lowest BCUT2D eigenvalue weighted by molar-refractivity contribution is -0.300. The van der Waals surface area contributed by atoms with Crippen molar-refractivity contribution >= 4 is 11.9 Å². The maximum Gasteiger partial charge on any atom is 0.0668 e. The summed E-state index contributed by atoms with van der Waals surface area (Å²) in [6, 6.07) is 0. The van der Waals surface area contributed by atoms with Crippen molar-refractivity contribution in [3.05, 3.63) is 24.3 Å². The zero-order valence-corrected chi connectivity index (χ0v) is 9.17. The molecular weight excluding hydrogens is 196 g/mol. The zero-order chi connectivity index (χ0) is 12.4. The Hall–Kier alpha value is -1.58. The van der Waals surface area contributed by atoms with Gasteiger partial charge < -0.3 is 19.8 Å². The summed E-state index contributed by atoms with van der Waals surface area (Å²) in [4.78, 5) is 19.5. The van der Waals surface area contributed by atoms with Crippen LogP contribution in [0.25, 0.3) is 0 Å². The minimum Gasteiger partial charge on any atom is -0.545 e. The summed E-state index contributed by atoms with van der Waals surface area (Å²) in [5.74, 6) is -2.31. The number of carbonyl (C=O) groups excluding carboxylic acids is 2. The van der Waals surface area contributed by atoms with Crippen molar-refractivity contribution in [1.82, 2.24) is 0 Å². The lowest BCUT2D eigenvalue weighted by Crippen LogP contribution is -2.23. The maximum absolute atomic E-state index is 9.99. The molecule has 0 heterocycles. The summed E-state index contributed by atoms with van der Waals surface area (Å²) in [5, 5.41) is 19.5. The van der Waals surface area contributed by atoms with Gasteiger partial charge in [0.2, 0.25) is 0 Å². The highest BCUT2D eigenvalue weighted by molar-refractivity contribution is 5.83. The highest BCUT2D eigenvalue weighted by Crippen LogP contribution is 2.02. The highest BCUT2D eigenvalue weighted by atomic mass is 16.4. The van der Waals surface area contributed by atoms with E-state index >= 15 is 0 Å². The third-order valence-corrected chi connectivity index (χ3v) is 1.47. The van der Waals surface area contributed by atoms with Crippen molar-refractivity contribution in [2.75, 3.05) is 0 Å². The third-order valence-electron chi connectivity index (χ3n) is 1.47. The van der Waals surface area contributed by atoms with Crippen LogP contribution in [0.4, 0.5) is 0 Å². The Morgan fingerprint density at radius 1 is 1.13 bits per heavy atom. The molecule has 0 spiro atoms. The molecule has 0 atom stereocenters. The molecule has 0 aliphatic heterocycles. The largest absolute Gasteiger partial charge is 0.545 e. The van der Waals surface area contributed by atoms with Crippen molar-refractivity contribution in [2.45, 2.75) is 33.1 Å². The topological polar surface area (TPSA) is 80.3 Å². The van der Waals surface area contributed by atoms with Crippen molar-refractivity contribution < 1.29 is 19.8 Å². The third kappa shape index (κ3) is 12.4. The van der Waals surface area contributed by atoms with E-state index < -0.39 is 11.9 Å². The number of aliphatic carboxylic acids is 2.